The first-order valence-electron chi connectivity index (χ1n) is 8.99. The van der Waals surface area contributed by atoms with E-state index in [-0.39, 0.29) is 5.57 Å². The predicted octanol–water partition coefficient (Wildman–Crippen LogP) is 5.94. The number of hydrogen-bond acceptors (Lipinski definition) is 2. The van der Waals surface area contributed by atoms with E-state index >= 15 is 0 Å². The lowest BCUT2D eigenvalue weighted by atomic mass is 10.1. The summed E-state index contributed by atoms with van der Waals surface area (Å²) < 4.78 is 2.87. The number of aromatic nitrogens is 1. The molecule has 0 aliphatic rings. The lowest BCUT2D eigenvalue weighted by molar-refractivity contribution is -0.112. The summed E-state index contributed by atoms with van der Waals surface area (Å²) in [5.41, 5.74) is 2.38. The van der Waals surface area contributed by atoms with Crippen LogP contribution in [0.4, 0.5) is 5.69 Å². The quantitative estimate of drug-likeness (QED) is 0.314. The zero-order valence-corrected chi connectivity index (χ0v) is 16.9. The average molecular weight is 442 g/mol. The molecule has 1 amide bonds. The Morgan fingerprint density at radius 3 is 2.48 bits per heavy atom. The molecule has 4 rings (SSSR count). The number of amides is 1. The minimum atomic E-state index is -0.443. The highest BCUT2D eigenvalue weighted by atomic mass is 79.9. The van der Waals surface area contributed by atoms with Gasteiger partial charge in [-0.05, 0) is 65.4 Å². The number of nitrogens with zero attached hydrogens (tertiary/aromatic N) is 2. The zero-order valence-electron chi connectivity index (χ0n) is 15.3. The highest BCUT2D eigenvalue weighted by molar-refractivity contribution is 9.10. The second kappa shape index (κ2) is 8.17. The molecule has 4 aromatic rings. The summed E-state index contributed by atoms with van der Waals surface area (Å²) in [6, 6.07) is 27.3. The van der Waals surface area contributed by atoms with E-state index in [1.54, 1.807) is 18.2 Å². The predicted molar refractivity (Wildman–Crippen MR) is 120 cm³/mol. The van der Waals surface area contributed by atoms with Gasteiger partial charge in [0.2, 0.25) is 0 Å². The van der Waals surface area contributed by atoms with Gasteiger partial charge < -0.3 is 9.88 Å². The maximum absolute atomic E-state index is 12.6. The van der Waals surface area contributed by atoms with Crippen molar-refractivity contribution in [2.45, 2.75) is 0 Å². The van der Waals surface area contributed by atoms with Gasteiger partial charge in [-0.25, -0.2) is 0 Å². The third kappa shape index (κ3) is 4.13. The van der Waals surface area contributed by atoms with Crippen molar-refractivity contribution < 1.29 is 4.79 Å². The third-order valence-electron chi connectivity index (χ3n) is 4.55. The highest BCUT2D eigenvalue weighted by Gasteiger charge is 2.11. The fraction of sp³-hybridized carbons (Fsp3) is 0. The van der Waals surface area contributed by atoms with Crippen molar-refractivity contribution in [3.05, 3.63) is 101 Å². The van der Waals surface area contributed by atoms with Crippen LogP contribution in [0.15, 0.2) is 95.1 Å². The molecule has 1 N–H and O–H groups in total. The molecule has 5 heteroatoms. The van der Waals surface area contributed by atoms with Crippen molar-refractivity contribution >= 4 is 44.4 Å². The minimum absolute atomic E-state index is 0.0358. The third-order valence-corrected chi connectivity index (χ3v) is 5.08. The lowest BCUT2D eigenvalue weighted by Crippen LogP contribution is -2.13. The van der Waals surface area contributed by atoms with Crippen molar-refractivity contribution in [3.63, 3.8) is 0 Å². The monoisotopic (exact) mass is 441 g/mol. The van der Waals surface area contributed by atoms with Crippen molar-refractivity contribution in [2.24, 2.45) is 0 Å². The molecule has 4 nitrogen and oxygen atoms in total. The molecule has 0 spiro atoms. The summed E-state index contributed by atoms with van der Waals surface area (Å²) in [6.45, 7) is 0. The smallest absolute Gasteiger partial charge is 0.266 e. The molecule has 1 heterocycles. The Bertz CT molecular complexity index is 1260. The van der Waals surface area contributed by atoms with Gasteiger partial charge in [-0.3, -0.25) is 4.79 Å². The molecule has 0 atom stereocenters. The fourth-order valence-corrected chi connectivity index (χ4v) is 3.37. The Morgan fingerprint density at radius 2 is 1.72 bits per heavy atom. The maximum atomic E-state index is 12.6. The molecule has 0 radical (unpaired) electrons. The van der Waals surface area contributed by atoms with E-state index in [0.717, 1.165) is 26.6 Å². The van der Waals surface area contributed by atoms with Gasteiger partial charge in [-0.15, -0.1) is 0 Å². The van der Waals surface area contributed by atoms with Crippen LogP contribution in [0.1, 0.15) is 5.69 Å². The Labute approximate surface area is 176 Å². The van der Waals surface area contributed by atoms with Gasteiger partial charge >= 0.3 is 0 Å². The number of hydrogen-bond donors (Lipinski definition) is 1. The van der Waals surface area contributed by atoms with Crippen molar-refractivity contribution in [2.75, 3.05) is 5.32 Å². The molecule has 0 saturated heterocycles. The summed E-state index contributed by atoms with van der Waals surface area (Å²) in [7, 11) is 0. The van der Waals surface area contributed by atoms with E-state index in [2.05, 4.69) is 45.5 Å². The summed E-state index contributed by atoms with van der Waals surface area (Å²) in [5, 5.41) is 14.6. The van der Waals surface area contributed by atoms with Crippen LogP contribution in [0, 0.1) is 11.3 Å². The largest absolute Gasteiger partial charge is 0.321 e. The van der Waals surface area contributed by atoms with Gasteiger partial charge in [-0.2, -0.15) is 5.26 Å². The molecule has 3 aromatic carbocycles. The van der Waals surface area contributed by atoms with Gasteiger partial charge in [0.15, 0.2) is 0 Å². The molecule has 29 heavy (non-hydrogen) atoms. The number of fused-ring (bicyclic) bond motifs is 1. The topological polar surface area (TPSA) is 57.8 Å². The molecule has 0 bridgehead atoms. The Balaban J connectivity index is 1.64. The van der Waals surface area contributed by atoms with Crippen LogP contribution < -0.4 is 5.32 Å². The van der Waals surface area contributed by atoms with E-state index in [1.165, 1.54) is 0 Å². The van der Waals surface area contributed by atoms with Crippen LogP contribution in [-0.2, 0) is 4.79 Å². The van der Waals surface area contributed by atoms with Gasteiger partial charge in [0.05, 0.1) is 0 Å². The molecule has 1 aromatic heterocycles. The Hall–Kier alpha value is -3.62. The van der Waals surface area contributed by atoms with Crippen molar-refractivity contribution in [3.8, 4) is 11.8 Å². The Kier molecular flexibility index (Phi) is 5.28. The number of carbonyl (C=O) groups is 1. The van der Waals surface area contributed by atoms with Crippen LogP contribution >= 0.6 is 15.9 Å². The first kappa shape index (κ1) is 18.7. The van der Waals surface area contributed by atoms with E-state index in [1.807, 2.05) is 59.3 Å². The second-order valence-electron chi connectivity index (χ2n) is 6.47. The average Bonchev–Trinajstić information content (AvgIpc) is 3.21. The highest BCUT2D eigenvalue weighted by Crippen LogP contribution is 2.22. The number of anilines is 1. The number of carbonyl (C=O) groups excluding carboxylic acids is 1. The summed E-state index contributed by atoms with van der Waals surface area (Å²) >= 11 is 3.36. The van der Waals surface area contributed by atoms with E-state index in [4.69, 9.17) is 0 Å². The molecule has 0 fully saturated rings. The normalized spacial score (nSPS) is 11.2. The van der Waals surface area contributed by atoms with Crippen LogP contribution in [0.3, 0.4) is 0 Å². The van der Waals surface area contributed by atoms with Crippen LogP contribution in [0.25, 0.3) is 22.5 Å². The molecule has 0 aliphatic carbocycles. The number of nitriles is 1. The van der Waals surface area contributed by atoms with Gasteiger partial charge in [-0.1, -0.05) is 46.3 Å². The summed E-state index contributed by atoms with van der Waals surface area (Å²) in [4.78, 5) is 12.6. The Morgan fingerprint density at radius 1 is 0.966 bits per heavy atom. The minimum Gasteiger partial charge on any atom is -0.321 e. The second-order valence-corrected chi connectivity index (χ2v) is 7.38. The van der Waals surface area contributed by atoms with E-state index < -0.39 is 5.91 Å². The van der Waals surface area contributed by atoms with Crippen LogP contribution in [0.2, 0.25) is 0 Å². The maximum Gasteiger partial charge on any atom is 0.266 e. The molecule has 0 unspecified atom stereocenters. The van der Waals surface area contributed by atoms with Gasteiger partial charge in [0.1, 0.15) is 11.6 Å². The van der Waals surface area contributed by atoms with Crippen molar-refractivity contribution in [1.82, 2.24) is 4.57 Å². The van der Waals surface area contributed by atoms with Crippen molar-refractivity contribution in [1.29, 1.82) is 5.26 Å². The SMILES string of the molecule is N#C/C(=C/c1cccn1-c1ccc2ccccc2c1)C(=O)Nc1ccc(Br)cc1. The summed E-state index contributed by atoms with van der Waals surface area (Å²) in [6.07, 6.45) is 3.51. The summed E-state index contributed by atoms with van der Waals surface area (Å²) in [5.74, 6) is -0.443. The molecular formula is C24H16BrN3O. The number of nitrogens with one attached hydrogen (secondary N) is 1. The molecule has 0 aliphatic heterocycles. The van der Waals surface area contributed by atoms with Gasteiger partial charge in [0.25, 0.3) is 5.91 Å². The van der Waals surface area contributed by atoms with Crippen LogP contribution in [-0.4, -0.2) is 10.5 Å². The molecule has 140 valence electrons. The standard InChI is InChI=1S/C24H16BrN3O/c25-20-8-10-21(11-9-20)27-24(29)19(16-26)15-22-6-3-13-28(22)23-12-7-17-4-1-2-5-18(17)14-23/h1-15H,(H,27,29)/b19-15-. The number of benzene rings is 3. The van der Waals surface area contributed by atoms with E-state index in [9.17, 15) is 10.1 Å². The number of rotatable bonds is 4. The van der Waals surface area contributed by atoms with Gasteiger partial charge in [0, 0.05) is 27.7 Å². The van der Waals surface area contributed by atoms with E-state index in [0.29, 0.717) is 5.69 Å². The lowest BCUT2D eigenvalue weighted by Gasteiger charge is -2.09. The first-order valence-corrected chi connectivity index (χ1v) is 9.78. The van der Waals surface area contributed by atoms with Crippen LogP contribution in [0.5, 0.6) is 0 Å². The fourth-order valence-electron chi connectivity index (χ4n) is 3.10. The zero-order chi connectivity index (χ0) is 20.2. The first-order chi connectivity index (χ1) is 14.1. The molecular weight excluding hydrogens is 426 g/mol. The number of halogens is 1. The molecule has 0 saturated carbocycles.